The molecule has 0 saturated heterocycles. The van der Waals surface area contributed by atoms with Crippen LogP contribution in [0.2, 0.25) is 37.8 Å². The van der Waals surface area contributed by atoms with Crippen molar-refractivity contribution < 1.29 is 8.85 Å². The molecule has 2 atom stereocenters. The Morgan fingerprint density at radius 1 is 1.15 bits per heavy atom. The van der Waals surface area contributed by atoms with Gasteiger partial charge in [0.05, 0.1) is 6.07 Å². The largest absolute Gasteiger partial charge is 0.414 e. The van der Waals surface area contributed by atoms with Gasteiger partial charge in [0.25, 0.3) is 0 Å². The first-order valence-electron chi connectivity index (χ1n) is 7.60. The molecule has 1 aliphatic rings. The second kappa shape index (κ2) is 5.56. The van der Waals surface area contributed by atoms with E-state index in [-0.39, 0.29) is 11.1 Å². The van der Waals surface area contributed by atoms with Crippen molar-refractivity contribution in [2.75, 3.05) is 0 Å². The first-order chi connectivity index (χ1) is 8.80. The van der Waals surface area contributed by atoms with E-state index in [2.05, 4.69) is 59.6 Å². The Balaban J connectivity index is 2.74. The van der Waals surface area contributed by atoms with Crippen molar-refractivity contribution in [3.05, 3.63) is 0 Å². The summed E-state index contributed by atoms with van der Waals surface area (Å²) in [6.07, 6.45) is 2.68. The Kier molecular flexibility index (Phi) is 4.98. The summed E-state index contributed by atoms with van der Waals surface area (Å²) in [6.45, 7) is 17.8. The maximum Gasteiger partial charge on any atom is 0.192 e. The van der Waals surface area contributed by atoms with Gasteiger partial charge in [0.15, 0.2) is 16.6 Å². The molecule has 0 aliphatic heterocycles. The first kappa shape index (κ1) is 17.9. The van der Waals surface area contributed by atoms with Gasteiger partial charge in [0, 0.05) is 12.5 Å². The molecular weight excluding hydrogens is 282 g/mol. The van der Waals surface area contributed by atoms with Crippen LogP contribution in [0.25, 0.3) is 0 Å². The molecule has 0 N–H and O–H groups in total. The first-order valence-corrected chi connectivity index (χ1v) is 13.9. The van der Waals surface area contributed by atoms with E-state index in [0.29, 0.717) is 0 Å². The minimum absolute atomic E-state index is 0.187. The summed E-state index contributed by atoms with van der Waals surface area (Å²) in [5.74, 6) is 0. The molecule has 0 aromatic rings. The average molecular weight is 314 g/mol. The van der Waals surface area contributed by atoms with Crippen LogP contribution in [0.4, 0.5) is 0 Å². The fourth-order valence-electron chi connectivity index (χ4n) is 2.46. The lowest BCUT2D eigenvalue weighted by molar-refractivity contribution is 0.103. The smallest absolute Gasteiger partial charge is 0.192 e. The van der Waals surface area contributed by atoms with Crippen LogP contribution in [0.5, 0.6) is 0 Å². The van der Waals surface area contributed by atoms with Gasteiger partial charge in [-0.2, -0.15) is 5.26 Å². The van der Waals surface area contributed by atoms with Gasteiger partial charge < -0.3 is 8.85 Å². The van der Waals surface area contributed by atoms with Crippen LogP contribution < -0.4 is 0 Å². The number of nitriles is 1. The molecule has 5 heteroatoms. The van der Waals surface area contributed by atoms with Crippen LogP contribution in [0.1, 0.15) is 40.0 Å². The molecule has 0 spiro atoms. The summed E-state index contributed by atoms with van der Waals surface area (Å²) < 4.78 is 12.6. The van der Waals surface area contributed by atoms with Crippen molar-refractivity contribution >= 4 is 16.6 Å². The highest BCUT2D eigenvalue weighted by molar-refractivity contribution is 6.74. The van der Waals surface area contributed by atoms with Gasteiger partial charge >= 0.3 is 0 Å². The summed E-state index contributed by atoms with van der Waals surface area (Å²) in [5, 5.41) is 9.77. The Morgan fingerprint density at radius 3 is 2.10 bits per heavy atom. The summed E-state index contributed by atoms with van der Waals surface area (Å²) in [7, 11) is -3.46. The number of hydrogen-bond acceptors (Lipinski definition) is 3. The van der Waals surface area contributed by atoms with Gasteiger partial charge in [-0.15, -0.1) is 0 Å². The van der Waals surface area contributed by atoms with Crippen molar-refractivity contribution in [1.29, 1.82) is 5.26 Å². The molecular formula is C15H31NO2Si2. The second-order valence-electron chi connectivity index (χ2n) is 8.56. The molecule has 0 aromatic heterocycles. The zero-order chi connectivity index (χ0) is 15.8. The Bertz CT molecular complexity index is 390. The molecule has 1 saturated carbocycles. The zero-order valence-electron chi connectivity index (χ0n) is 14.5. The van der Waals surface area contributed by atoms with E-state index < -0.39 is 22.2 Å². The molecule has 1 fully saturated rings. The lowest BCUT2D eigenvalue weighted by atomic mass is 10.1. The molecule has 1 rings (SSSR count). The topological polar surface area (TPSA) is 42.2 Å². The van der Waals surface area contributed by atoms with Crippen LogP contribution in [-0.4, -0.2) is 28.3 Å². The summed E-state index contributed by atoms with van der Waals surface area (Å²) in [5.41, 5.74) is -0.600. The van der Waals surface area contributed by atoms with E-state index >= 15 is 0 Å². The third-order valence-electron chi connectivity index (χ3n) is 4.40. The van der Waals surface area contributed by atoms with Crippen LogP contribution in [0.3, 0.4) is 0 Å². The highest BCUT2D eigenvalue weighted by Gasteiger charge is 2.47. The predicted octanol–water partition coefficient (Wildman–Crippen LogP) is 4.67. The molecule has 3 nitrogen and oxygen atoms in total. The Labute approximate surface area is 126 Å². The van der Waals surface area contributed by atoms with Crippen molar-refractivity contribution in [3.8, 4) is 6.07 Å². The molecule has 0 bridgehead atoms. The van der Waals surface area contributed by atoms with Gasteiger partial charge in [0.2, 0.25) is 0 Å². The fourth-order valence-corrected chi connectivity index (χ4v) is 5.25. The van der Waals surface area contributed by atoms with Gasteiger partial charge in [-0.1, -0.05) is 20.8 Å². The maximum absolute atomic E-state index is 9.56. The molecule has 20 heavy (non-hydrogen) atoms. The molecule has 0 amide bonds. The molecule has 2 unspecified atom stereocenters. The molecule has 0 aromatic carbocycles. The molecule has 0 radical (unpaired) electrons. The van der Waals surface area contributed by atoms with E-state index in [1.54, 1.807) is 0 Å². The van der Waals surface area contributed by atoms with Crippen LogP contribution in [0.15, 0.2) is 0 Å². The number of nitrogens with zero attached hydrogens (tertiary/aromatic N) is 1. The maximum atomic E-state index is 9.56. The zero-order valence-corrected chi connectivity index (χ0v) is 16.5. The van der Waals surface area contributed by atoms with Gasteiger partial charge in [0.1, 0.15) is 5.60 Å². The number of hydrogen-bond donors (Lipinski definition) is 0. The van der Waals surface area contributed by atoms with Crippen LogP contribution in [-0.2, 0) is 8.85 Å². The molecule has 1 aliphatic carbocycles. The lowest BCUT2D eigenvalue weighted by Gasteiger charge is -2.39. The van der Waals surface area contributed by atoms with Gasteiger partial charge in [-0.05, 0) is 50.6 Å². The monoisotopic (exact) mass is 313 g/mol. The SMILES string of the molecule is CC(C)(C)[Si](C)(C)OC1CCC(C#N)(O[Si](C)(C)C)C1. The summed E-state index contributed by atoms with van der Waals surface area (Å²) >= 11 is 0. The van der Waals surface area contributed by atoms with Crippen LogP contribution >= 0.6 is 0 Å². The summed E-state index contributed by atoms with van der Waals surface area (Å²) in [4.78, 5) is 0. The van der Waals surface area contributed by atoms with Crippen molar-refractivity contribution in [2.45, 2.75) is 89.5 Å². The standard InChI is InChI=1S/C15H31NO2Si2/c1-14(2,3)20(7,8)17-13-9-10-15(11-13,12-16)18-19(4,5)6/h13H,9-11H2,1-8H3. The molecule has 0 heterocycles. The van der Waals surface area contributed by atoms with E-state index in [1.807, 2.05) is 0 Å². The Hall–Kier alpha value is -0.156. The average Bonchev–Trinajstić information content (AvgIpc) is 2.57. The fraction of sp³-hybridized carbons (Fsp3) is 0.933. The van der Waals surface area contributed by atoms with Crippen molar-refractivity contribution in [3.63, 3.8) is 0 Å². The Morgan fingerprint density at radius 2 is 1.70 bits per heavy atom. The highest BCUT2D eigenvalue weighted by Crippen LogP contribution is 2.42. The van der Waals surface area contributed by atoms with E-state index in [1.165, 1.54) is 0 Å². The lowest BCUT2D eigenvalue weighted by Crippen LogP contribution is -2.45. The highest BCUT2D eigenvalue weighted by atomic mass is 28.4. The van der Waals surface area contributed by atoms with E-state index in [9.17, 15) is 5.26 Å². The van der Waals surface area contributed by atoms with E-state index in [4.69, 9.17) is 8.85 Å². The quantitative estimate of drug-likeness (QED) is 0.708. The van der Waals surface area contributed by atoms with E-state index in [0.717, 1.165) is 19.3 Å². The number of rotatable bonds is 4. The van der Waals surface area contributed by atoms with Gasteiger partial charge in [-0.3, -0.25) is 0 Å². The minimum Gasteiger partial charge on any atom is -0.414 e. The van der Waals surface area contributed by atoms with Crippen LogP contribution in [0, 0.1) is 11.3 Å². The van der Waals surface area contributed by atoms with Crippen molar-refractivity contribution in [2.24, 2.45) is 0 Å². The molecule has 116 valence electrons. The van der Waals surface area contributed by atoms with Gasteiger partial charge in [-0.25, -0.2) is 0 Å². The summed E-state index contributed by atoms with van der Waals surface area (Å²) in [6, 6.07) is 2.44. The predicted molar refractivity (Wildman–Crippen MR) is 88.7 cm³/mol. The second-order valence-corrected chi connectivity index (χ2v) is 17.7. The van der Waals surface area contributed by atoms with Crippen molar-refractivity contribution in [1.82, 2.24) is 0 Å². The normalized spacial score (nSPS) is 28.4. The third-order valence-corrected chi connectivity index (χ3v) is 9.94. The third kappa shape index (κ3) is 4.42. The minimum atomic E-state index is -1.76.